The molecule has 2 aromatic carbocycles. The van der Waals surface area contributed by atoms with Gasteiger partial charge in [-0.15, -0.1) is 0 Å². The maximum Gasteiger partial charge on any atom is 0.334 e. The predicted molar refractivity (Wildman–Crippen MR) is 102 cm³/mol. The third-order valence-electron chi connectivity index (χ3n) is 4.89. The highest BCUT2D eigenvalue weighted by atomic mass is 16.5. The standard InChI is InChI=1S/C21H19N3O3/c1-13(21(26)27-3)10-24-12-19-17(20(24)25)7-6-14-4-5-15(8-18(14)19)16-9-22-23(2)11-16/h4-9,11H,1,10,12H2,2-3H3. The van der Waals surface area contributed by atoms with E-state index in [-0.39, 0.29) is 18.0 Å². The van der Waals surface area contributed by atoms with Crippen LogP contribution in [0.5, 0.6) is 0 Å². The highest BCUT2D eigenvalue weighted by Gasteiger charge is 2.30. The fraction of sp³-hybridized carbons (Fsp3) is 0.190. The first-order valence-electron chi connectivity index (χ1n) is 8.58. The van der Waals surface area contributed by atoms with Crippen molar-refractivity contribution in [2.75, 3.05) is 13.7 Å². The van der Waals surface area contributed by atoms with E-state index in [9.17, 15) is 9.59 Å². The normalized spacial score (nSPS) is 13.1. The van der Waals surface area contributed by atoms with E-state index in [1.807, 2.05) is 31.6 Å². The molecule has 1 amide bonds. The van der Waals surface area contributed by atoms with Crippen LogP contribution in [-0.4, -0.2) is 40.2 Å². The molecule has 0 aliphatic carbocycles. The number of amides is 1. The van der Waals surface area contributed by atoms with Gasteiger partial charge in [0.25, 0.3) is 5.91 Å². The summed E-state index contributed by atoms with van der Waals surface area (Å²) in [6.07, 6.45) is 3.78. The summed E-state index contributed by atoms with van der Waals surface area (Å²) in [5.74, 6) is -0.591. The third kappa shape index (κ3) is 2.89. The molecule has 4 rings (SSSR count). The van der Waals surface area contributed by atoms with E-state index < -0.39 is 5.97 Å². The second-order valence-electron chi connectivity index (χ2n) is 6.69. The van der Waals surface area contributed by atoms with Gasteiger partial charge in [0, 0.05) is 36.5 Å². The summed E-state index contributed by atoms with van der Waals surface area (Å²) < 4.78 is 6.45. The van der Waals surface area contributed by atoms with Crippen molar-refractivity contribution >= 4 is 22.6 Å². The maximum atomic E-state index is 12.8. The Morgan fingerprint density at radius 2 is 2.04 bits per heavy atom. The fourth-order valence-corrected chi connectivity index (χ4v) is 3.50. The summed E-state index contributed by atoms with van der Waals surface area (Å²) >= 11 is 0. The summed E-state index contributed by atoms with van der Waals surface area (Å²) in [7, 11) is 3.19. The van der Waals surface area contributed by atoms with Crippen LogP contribution in [0, 0.1) is 0 Å². The van der Waals surface area contributed by atoms with Gasteiger partial charge in [0.2, 0.25) is 0 Å². The van der Waals surface area contributed by atoms with Crippen molar-refractivity contribution in [3.8, 4) is 11.1 Å². The summed E-state index contributed by atoms with van der Waals surface area (Å²) in [5.41, 5.74) is 3.98. The van der Waals surface area contributed by atoms with Crippen LogP contribution in [0.15, 0.2) is 54.9 Å². The SMILES string of the molecule is C=C(CN1Cc2c(ccc3ccc(-c4cnn(C)c4)cc23)C1=O)C(=O)OC. The molecule has 2 heterocycles. The third-order valence-corrected chi connectivity index (χ3v) is 4.89. The lowest BCUT2D eigenvalue weighted by atomic mass is 9.97. The number of aromatic nitrogens is 2. The molecule has 0 bridgehead atoms. The van der Waals surface area contributed by atoms with Crippen molar-refractivity contribution in [3.05, 3.63) is 66.0 Å². The minimum absolute atomic E-state index is 0.0938. The zero-order valence-electron chi connectivity index (χ0n) is 15.2. The molecule has 3 aromatic rings. The van der Waals surface area contributed by atoms with Crippen LogP contribution >= 0.6 is 0 Å². The van der Waals surface area contributed by atoms with Gasteiger partial charge in [-0.3, -0.25) is 9.48 Å². The molecule has 1 aliphatic heterocycles. The van der Waals surface area contributed by atoms with E-state index in [0.29, 0.717) is 12.1 Å². The number of hydrogen-bond donors (Lipinski definition) is 0. The largest absolute Gasteiger partial charge is 0.466 e. The number of benzene rings is 2. The molecule has 1 aliphatic rings. The zero-order valence-corrected chi connectivity index (χ0v) is 15.2. The van der Waals surface area contributed by atoms with Crippen LogP contribution in [0.2, 0.25) is 0 Å². The first-order valence-corrected chi connectivity index (χ1v) is 8.58. The Labute approximate surface area is 156 Å². The molecule has 0 saturated carbocycles. The van der Waals surface area contributed by atoms with E-state index >= 15 is 0 Å². The number of rotatable bonds is 4. The van der Waals surface area contributed by atoms with Crippen LogP contribution in [0.3, 0.4) is 0 Å². The van der Waals surface area contributed by atoms with Crippen molar-refractivity contribution in [2.24, 2.45) is 7.05 Å². The topological polar surface area (TPSA) is 64.4 Å². The number of carbonyl (C=O) groups excluding carboxylic acids is 2. The van der Waals surface area contributed by atoms with Crippen molar-refractivity contribution in [1.82, 2.24) is 14.7 Å². The molecule has 0 radical (unpaired) electrons. The number of methoxy groups -OCH3 is 1. The van der Waals surface area contributed by atoms with Crippen LogP contribution in [0.25, 0.3) is 21.9 Å². The van der Waals surface area contributed by atoms with E-state index in [4.69, 9.17) is 0 Å². The number of hydrogen-bond acceptors (Lipinski definition) is 4. The molecular weight excluding hydrogens is 342 g/mol. The summed E-state index contributed by atoms with van der Waals surface area (Å²) in [6, 6.07) is 10.0. The van der Waals surface area contributed by atoms with E-state index in [1.165, 1.54) is 7.11 Å². The number of nitrogens with zero attached hydrogens (tertiary/aromatic N) is 3. The zero-order chi connectivity index (χ0) is 19.1. The number of fused-ring (bicyclic) bond motifs is 3. The molecule has 0 saturated heterocycles. The Kier molecular flexibility index (Phi) is 4.03. The Morgan fingerprint density at radius 1 is 1.26 bits per heavy atom. The maximum absolute atomic E-state index is 12.8. The van der Waals surface area contributed by atoms with E-state index in [1.54, 1.807) is 9.58 Å². The highest BCUT2D eigenvalue weighted by Crippen LogP contribution is 2.33. The molecule has 6 heteroatoms. The molecule has 6 nitrogen and oxygen atoms in total. The van der Waals surface area contributed by atoms with Gasteiger partial charge in [-0.25, -0.2) is 4.79 Å². The van der Waals surface area contributed by atoms with Gasteiger partial charge in [0.15, 0.2) is 0 Å². The van der Waals surface area contributed by atoms with Gasteiger partial charge in [-0.05, 0) is 34.0 Å². The number of aryl methyl sites for hydroxylation is 1. The van der Waals surface area contributed by atoms with Gasteiger partial charge < -0.3 is 9.64 Å². The highest BCUT2D eigenvalue weighted by molar-refractivity contribution is 6.05. The Bertz CT molecular complexity index is 1100. The van der Waals surface area contributed by atoms with E-state index in [0.717, 1.165) is 27.5 Å². The van der Waals surface area contributed by atoms with Crippen molar-refractivity contribution in [2.45, 2.75) is 6.54 Å². The van der Waals surface area contributed by atoms with Crippen LogP contribution in [0.1, 0.15) is 15.9 Å². The summed E-state index contributed by atoms with van der Waals surface area (Å²) in [6.45, 7) is 4.33. The van der Waals surface area contributed by atoms with Gasteiger partial charge >= 0.3 is 5.97 Å². The minimum Gasteiger partial charge on any atom is -0.466 e. The molecular formula is C21H19N3O3. The number of carbonyl (C=O) groups is 2. The van der Waals surface area contributed by atoms with Crippen molar-refractivity contribution < 1.29 is 14.3 Å². The number of esters is 1. The molecule has 0 spiro atoms. The first-order chi connectivity index (χ1) is 13.0. The Morgan fingerprint density at radius 3 is 2.74 bits per heavy atom. The second-order valence-corrected chi connectivity index (χ2v) is 6.69. The minimum atomic E-state index is -0.498. The van der Waals surface area contributed by atoms with Crippen LogP contribution in [-0.2, 0) is 23.1 Å². The number of ether oxygens (including phenoxy) is 1. The molecule has 0 atom stereocenters. The average Bonchev–Trinajstić information content (AvgIpc) is 3.24. The molecule has 0 N–H and O–H groups in total. The van der Waals surface area contributed by atoms with Crippen molar-refractivity contribution in [3.63, 3.8) is 0 Å². The lowest BCUT2D eigenvalue weighted by Crippen LogP contribution is -2.28. The van der Waals surface area contributed by atoms with Gasteiger partial charge in [-0.2, -0.15) is 5.10 Å². The quantitative estimate of drug-likeness (QED) is 0.529. The smallest absolute Gasteiger partial charge is 0.334 e. The molecule has 1 aromatic heterocycles. The lowest BCUT2D eigenvalue weighted by Gasteiger charge is -2.16. The van der Waals surface area contributed by atoms with Gasteiger partial charge in [-0.1, -0.05) is 24.8 Å². The van der Waals surface area contributed by atoms with E-state index in [2.05, 4.69) is 34.6 Å². The summed E-state index contributed by atoms with van der Waals surface area (Å²) in [4.78, 5) is 26.0. The fourth-order valence-electron chi connectivity index (χ4n) is 3.50. The molecule has 136 valence electrons. The Balaban J connectivity index is 1.72. The monoisotopic (exact) mass is 361 g/mol. The lowest BCUT2D eigenvalue weighted by molar-refractivity contribution is -0.136. The molecule has 0 fully saturated rings. The second kappa shape index (κ2) is 6.39. The Hall–Kier alpha value is -3.41. The van der Waals surface area contributed by atoms with Gasteiger partial charge in [0.05, 0.1) is 19.9 Å². The molecule has 27 heavy (non-hydrogen) atoms. The summed E-state index contributed by atoms with van der Waals surface area (Å²) in [5, 5.41) is 6.34. The van der Waals surface area contributed by atoms with Crippen LogP contribution in [0.4, 0.5) is 0 Å². The van der Waals surface area contributed by atoms with Crippen molar-refractivity contribution in [1.29, 1.82) is 0 Å². The average molecular weight is 361 g/mol. The predicted octanol–water partition coefficient (Wildman–Crippen LogP) is 2.93. The van der Waals surface area contributed by atoms with Gasteiger partial charge in [0.1, 0.15) is 0 Å². The molecule has 0 unspecified atom stereocenters. The van der Waals surface area contributed by atoms with Crippen LogP contribution < -0.4 is 0 Å². The first kappa shape index (κ1) is 17.0.